The highest BCUT2D eigenvalue weighted by atomic mass is 16.7. The molecule has 4 fully saturated rings. The lowest BCUT2D eigenvalue weighted by atomic mass is 9.85. The van der Waals surface area contributed by atoms with Crippen LogP contribution in [0.15, 0.2) is 54.6 Å². The topological polar surface area (TPSA) is 243 Å². The van der Waals surface area contributed by atoms with Gasteiger partial charge in [-0.05, 0) is 48.9 Å². The number of carbonyl (C=O) groups is 2. The Hall–Kier alpha value is -3.10. The largest absolute Gasteiger partial charge is 0.479 e. The van der Waals surface area contributed by atoms with Crippen molar-refractivity contribution in [2.75, 3.05) is 19.8 Å². The van der Waals surface area contributed by atoms with Gasteiger partial charge in [0.25, 0.3) is 5.91 Å². The molecule has 3 heterocycles. The molecule has 2 aromatic carbocycles. The second-order valence-electron chi connectivity index (χ2n) is 15.2. The maximum Gasteiger partial charge on any atom is 0.332 e. The quantitative estimate of drug-likeness (QED) is 0.132. The molecule has 16 nitrogen and oxygen atoms in total. The van der Waals surface area contributed by atoms with Crippen molar-refractivity contribution < 1.29 is 73.8 Å². The summed E-state index contributed by atoms with van der Waals surface area (Å²) in [4.78, 5) is 25.6. The predicted molar refractivity (Wildman–Crippen MR) is 196 cm³/mol. The van der Waals surface area contributed by atoms with Crippen molar-refractivity contribution >= 4 is 11.9 Å². The Kier molecular flexibility index (Phi) is 14.9. The second-order valence-corrected chi connectivity index (χ2v) is 15.2. The van der Waals surface area contributed by atoms with Gasteiger partial charge >= 0.3 is 5.97 Å². The molecule has 0 bridgehead atoms. The number of aliphatic carboxylic acids is 1. The maximum atomic E-state index is 13.3. The molecule has 0 radical (unpaired) electrons. The first-order valence-corrected chi connectivity index (χ1v) is 19.5. The number of nitrogens with one attached hydrogen (secondary N) is 1. The summed E-state index contributed by atoms with van der Waals surface area (Å²) in [7, 11) is 0. The van der Waals surface area contributed by atoms with Gasteiger partial charge in [-0.25, -0.2) is 4.79 Å². The van der Waals surface area contributed by atoms with E-state index in [1.807, 2.05) is 42.5 Å². The number of aliphatic hydroxyl groups is 6. The van der Waals surface area contributed by atoms with E-state index in [9.17, 15) is 45.3 Å². The van der Waals surface area contributed by atoms with E-state index in [1.165, 1.54) is 6.92 Å². The standard InChI is InChI=1S/C40H55NO15/c1-21-30(43)32(45)33(46)39(52-21)56-35-26(16-17-51-28(35)19-41-37(48)25-14-12-24(13-15-25)23-10-6-3-7-11-23)54-40-34(47)36(31(44)29(20-42)55-40)53-27(38(49)50)18-22-8-4-2-5-9-22/h3,6-7,10-15,21-22,26-36,39-40,42-47H,2,4-5,8-9,16-20H2,1H3,(H,41,48)(H,49,50)/t21-,26+,27-,28+,29+,30+,31-,32+,33-,34+,35-,36-,39-,40+/m0/s1. The van der Waals surface area contributed by atoms with Crippen LogP contribution < -0.4 is 5.32 Å². The molecule has 16 heteroatoms. The summed E-state index contributed by atoms with van der Waals surface area (Å²) in [5, 5.41) is 77.3. The first-order chi connectivity index (χ1) is 26.9. The number of benzene rings is 2. The maximum absolute atomic E-state index is 13.3. The Bertz CT molecular complexity index is 1540. The average molecular weight is 790 g/mol. The SMILES string of the molecule is C[C@@H]1O[C@@H](O[C@@H]2[C@@H](CNC(=O)c3ccc(-c4ccccc4)cc3)OCC[C@H]2O[C@@H]2O[C@H](CO)[C@H](O)[C@H](O[C@@H](CC3CCCCC3)C(=O)O)[C@H]2O)[C@@H](O)[C@H](O)[C@@H]1O. The van der Waals surface area contributed by atoms with Crippen LogP contribution in [-0.4, -0.2) is 153 Å². The lowest BCUT2D eigenvalue weighted by molar-refractivity contribution is -0.355. The van der Waals surface area contributed by atoms with Gasteiger partial charge in [0.1, 0.15) is 54.9 Å². The Balaban J connectivity index is 1.19. The summed E-state index contributed by atoms with van der Waals surface area (Å²) in [6.45, 7) is 0.753. The first kappa shape index (κ1) is 42.5. The van der Waals surface area contributed by atoms with Gasteiger partial charge in [0.15, 0.2) is 18.7 Å². The van der Waals surface area contributed by atoms with E-state index in [-0.39, 0.29) is 31.9 Å². The number of amides is 1. The van der Waals surface area contributed by atoms with Gasteiger partial charge in [-0.15, -0.1) is 0 Å². The fourth-order valence-electron chi connectivity index (χ4n) is 7.98. The van der Waals surface area contributed by atoms with Crippen LogP contribution in [0.5, 0.6) is 0 Å². The molecular weight excluding hydrogens is 734 g/mol. The van der Waals surface area contributed by atoms with E-state index in [0.717, 1.165) is 43.2 Å². The Morgan fingerprint density at radius 1 is 0.768 bits per heavy atom. The van der Waals surface area contributed by atoms with Crippen molar-refractivity contribution in [3.63, 3.8) is 0 Å². The third-order valence-electron chi connectivity index (χ3n) is 11.3. The monoisotopic (exact) mass is 789 g/mol. The molecular formula is C40H55NO15. The van der Waals surface area contributed by atoms with E-state index in [0.29, 0.717) is 5.56 Å². The van der Waals surface area contributed by atoms with Crippen molar-refractivity contribution in [3.05, 3.63) is 60.2 Å². The molecule has 4 aliphatic rings. The van der Waals surface area contributed by atoms with Crippen molar-refractivity contribution in [2.45, 2.75) is 138 Å². The Labute approximate surface area is 325 Å². The highest BCUT2D eigenvalue weighted by Gasteiger charge is 2.51. The Morgan fingerprint density at radius 2 is 1.45 bits per heavy atom. The van der Waals surface area contributed by atoms with Crippen LogP contribution >= 0.6 is 0 Å². The van der Waals surface area contributed by atoms with Gasteiger partial charge in [-0.2, -0.15) is 0 Å². The molecule has 0 unspecified atom stereocenters. The van der Waals surface area contributed by atoms with Crippen LogP contribution in [-0.2, 0) is 33.2 Å². The minimum Gasteiger partial charge on any atom is -0.479 e. The van der Waals surface area contributed by atoms with Crippen LogP contribution in [0.2, 0.25) is 0 Å². The first-order valence-electron chi connectivity index (χ1n) is 19.5. The number of aliphatic hydroxyl groups excluding tert-OH is 6. The van der Waals surface area contributed by atoms with Gasteiger partial charge in [0.2, 0.25) is 0 Å². The third-order valence-corrected chi connectivity index (χ3v) is 11.3. The second kappa shape index (κ2) is 19.6. The Morgan fingerprint density at radius 3 is 2.12 bits per heavy atom. The normalized spacial score (nSPS) is 36.1. The van der Waals surface area contributed by atoms with E-state index < -0.39 is 104 Å². The molecule has 310 valence electrons. The highest BCUT2D eigenvalue weighted by molar-refractivity contribution is 5.94. The number of hydrogen-bond acceptors (Lipinski definition) is 14. The number of ether oxygens (including phenoxy) is 6. The number of rotatable bonds is 14. The minimum atomic E-state index is -1.73. The fraction of sp³-hybridized carbons (Fsp3) is 0.650. The zero-order valence-corrected chi connectivity index (χ0v) is 31.3. The number of carboxylic acids is 1. The van der Waals surface area contributed by atoms with Crippen LogP contribution in [0.4, 0.5) is 0 Å². The summed E-state index contributed by atoms with van der Waals surface area (Å²) in [5.74, 6) is -1.56. The number of carboxylic acid groups (broad SMARTS) is 1. The zero-order chi connectivity index (χ0) is 39.9. The average Bonchev–Trinajstić information content (AvgIpc) is 3.21. The smallest absolute Gasteiger partial charge is 0.332 e. The fourth-order valence-corrected chi connectivity index (χ4v) is 7.98. The summed E-state index contributed by atoms with van der Waals surface area (Å²) >= 11 is 0. The molecule has 2 aromatic rings. The molecule has 14 atom stereocenters. The van der Waals surface area contributed by atoms with Crippen molar-refractivity contribution in [1.29, 1.82) is 0 Å². The van der Waals surface area contributed by atoms with Gasteiger partial charge in [-0.1, -0.05) is 74.6 Å². The summed E-state index contributed by atoms with van der Waals surface area (Å²) in [5.41, 5.74) is 2.30. The van der Waals surface area contributed by atoms with E-state index in [2.05, 4.69) is 5.32 Å². The molecule has 3 aliphatic heterocycles. The molecule has 1 aliphatic carbocycles. The predicted octanol–water partition coefficient (Wildman–Crippen LogP) is 0.718. The molecule has 8 N–H and O–H groups in total. The van der Waals surface area contributed by atoms with Crippen LogP contribution in [0.3, 0.4) is 0 Å². The molecule has 1 amide bonds. The van der Waals surface area contributed by atoms with Gasteiger partial charge in [0.05, 0.1) is 18.8 Å². The molecule has 3 saturated heterocycles. The molecule has 1 saturated carbocycles. The summed E-state index contributed by atoms with van der Waals surface area (Å²) in [6, 6.07) is 16.7. The van der Waals surface area contributed by atoms with Crippen LogP contribution in [0.25, 0.3) is 11.1 Å². The molecule has 56 heavy (non-hydrogen) atoms. The molecule has 6 rings (SSSR count). The van der Waals surface area contributed by atoms with Gasteiger partial charge in [0, 0.05) is 18.7 Å². The highest BCUT2D eigenvalue weighted by Crippen LogP contribution is 2.34. The van der Waals surface area contributed by atoms with Crippen molar-refractivity contribution in [3.8, 4) is 11.1 Å². The number of hydrogen-bond donors (Lipinski definition) is 8. The van der Waals surface area contributed by atoms with Gasteiger partial charge in [-0.3, -0.25) is 4.79 Å². The lowest BCUT2D eigenvalue weighted by Gasteiger charge is -2.47. The lowest BCUT2D eigenvalue weighted by Crippen LogP contribution is -2.64. The van der Waals surface area contributed by atoms with Crippen molar-refractivity contribution in [2.24, 2.45) is 5.92 Å². The van der Waals surface area contributed by atoms with E-state index in [4.69, 9.17) is 28.4 Å². The number of carbonyl (C=O) groups excluding carboxylic acids is 1. The van der Waals surface area contributed by atoms with Crippen molar-refractivity contribution in [1.82, 2.24) is 5.32 Å². The molecule has 0 aromatic heterocycles. The van der Waals surface area contributed by atoms with E-state index >= 15 is 0 Å². The zero-order valence-electron chi connectivity index (χ0n) is 31.3. The third kappa shape index (κ3) is 10.1. The van der Waals surface area contributed by atoms with Crippen LogP contribution in [0, 0.1) is 5.92 Å². The van der Waals surface area contributed by atoms with E-state index in [1.54, 1.807) is 12.1 Å². The van der Waals surface area contributed by atoms with Crippen LogP contribution in [0.1, 0.15) is 62.2 Å². The summed E-state index contributed by atoms with van der Waals surface area (Å²) in [6.07, 6.45) is -14.3. The minimum absolute atomic E-state index is 0.0833. The molecule has 0 spiro atoms. The summed E-state index contributed by atoms with van der Waals surface area (Å²) < 4.78 is 36.0. The van der Waals surface area contributed by atoms with Gasteiger partial charge < -0.3 is 69.5 Å².